The van der Waals surface area contributed by atoms with Crippen LogP contribution in [0.3, 0.4) is 0 Å². The monoisotopic (exact) mass is 303 g/mol. The van der Waals surface area contributed by atoms with Gasteiger partial charge in [-0.05, 0) is 37.3 Å². The Bertz CT molecular complexity index is 806. The Morgan fingerprint density at radius 1 is 0.909 bits per heavy atom. The summed E-state index contributed by atoms with van der Waals surface area (Å²) in [6.45, 7) is 1.85. The van der Waals surface area contributed by atoms with Crippen LogP contribution in [0.15, 0.2) is 54.7 Å². The highest BCUT2D eigenvalue weighted by molar-refractivity contribution is 5.54. The molecule has 0 amide bonds. The molecule has 3 aromatic rings. The zero-order valence-corrected chi connectivity index (χ0v) is 11.7. The number of halogens is 3. The summed E-state index contributed by atoms with van der Waals surface area (Å²) in [5.74, 6) is 0. The van der Waals surface area contributed by atoms with Crippen molar-refractivity contribution in [2.24, 2.45) is 0 Å². The molecule has 0 saturated heterocycles. The lowest BCUT2D eigenvalue weighted by Gasteiger charge is -2.12. The van der Waals surface area contributed by atoms with E-state index in [4.69, 9.17) is 0 Å². The number of hydrogen-bond acceptors (Lipinski definition) is 2. The molecule has 22 heavy (non-hydrogen) atoms. The number of rotatable bonds is 2. The summed E-state index contributed by atoms with van der Waals surface area (Å²) in [5, 5.41) is 4.22. The Labute approximate surface area is 125 Å². The van der Waals surface area contributed by atoms with Crippen LogP contribution in [0.4, 0.5) is 13.2 Å². The van der Waals surface area contributed by atoms with Crippen molar-refractivity contribution >= 4 is 0 Å². The average molecular weight is 303 g/mol. The number of alkyl halides is 3. The number of nitrogens with zero attached hydrogens (tertiary/aromatic N) is 3. The lowest BCUT2D eigenvalue weighted by atomic mass is 10.2. The van der Waals surface area contributed by atoms with Crippen molar-refractivity contribution in [1.82, 2.24) is 14.8 Å². The van der Waals surface area contributed by atoms with Crippen molar-refractivity contribution in [3.05, 3.63) is 66.0 Å². The van der Waals surface area contributed by atoms with Gasteiger partial charge in [-0.3, -0.25) is 4.98 Å². The maximum atomic E-state index is 13.1. The molecule has 0 fully saturated rings. The summed E-state index contributed by atoms with van der Waals surface area (Å²) < 4.78 is 40.4. The fraction of sp³-hybridized carbons (Fsp3) is 0.125. The highest BCUT2D eigenvalue weighted by Crippen LogP contribution is 2.33. The number of benzene rings is 1. The van der Waals surface area contributed by atoms with Gasteiger partial charge in [-0.15, -0.1) is 0 Å². The van der Waals surface area contributed by atoms with Crippen molar-refractivity contribution < 1.29 is 13.2 Å². The van der Waals surface area contributed by atoms with Crippen LogP contribution < -0.4 is 0 Å². The second-order valence-corrected chi connectivity index (χ2v) is 4.82. The van der Waals surface area contributed by atoms with Crippen molar-refractivity contribution in [2.45, 2.75) is 13.1 Å². The molecule has 0 unspecified atom stereocenters. The van der Waals surface area contributed by atoms with E-state index >= 15 is 0 Å². The topological polar surface area (TPSA) is 30.7 Å². The minimum absolute atomic E-state index is 0.00565. The van der Waals surface area contributed by atoms with Gasteiger partial charge >= 0.3 is 6.18 Å². The molecule has 112 valence electrons. The molecule has 0 aliphatic carbocycles. The molecule has 0 radical (unpaired) electrons. The average Bonchev–Trinajstić information content (AvgIpc) is 2.96. The first-order valence-corrected chi connectivity index (χ1v) is 6.61. The Kier molecular flexibility index (Phi) is 3.44. The van der Waals surface area contributed by atoms with E-state index in [1.54, 1.807) is 18.2 Å². The Morgan fingerprint density at radius 3 is 2.41 bits per heavy atom. The van der Waals surface area contributed by atoms with Gasteiger partial charge in [0.15, 0.2) is 0 Å². The molecular formula is C16H12F3N3. The fourth-order valence-electron chi connectivity index (χ4n) is 2.19. The quantitative estimate of drug-likeness (QED) is 0.708. The van der Waals surface area contributed by atoms with Gasteiger partial charge in [0.25, 0.3) is 0 Å². The lowest BCUT2D eigenvalue weighted by Crippen LogP contribution is -2.10. The third-order valence-electron chi connectivity index (χ3n) is 3.20. The summed E-state index contributed by atoms with van der Waals surface area (Å²) in [4.78, 5) is 4.32. The van der Waals surface area contributed by atoms with E-state index in [2.05, 4.69) is 10.1 Å². The van der Waals surface area contributed by atoms with Gasteiger partial charge in [0.1, 0.15) is 5.69 Å². The Morgan fingerprint density at radius 2 is 1.68 bits per heavy atom. The SMILES string of the molecule is Cc1cccc(-c2ccn(-c3ccccc3C(F)(F)F)n2)n1. The van der Waals surface area contributed by atoms with Gasteiger partial charge in [0.2, 0.25) is 0 Å². The molecule has 0 spiro atoms. The maximum absolute atomic E-state index is 13.1. The van der Waals surface area contributed by atoms with Crippen LogP contribution in [0.25, 0.3) is 17.1 Å². The van der Waals surface area contributed by atoms with E-state index in [1.807, 2.05) is 19.1 Å². The first-order valence-electron chi connectivity index (χ1n) is 6.61. The van der Waals surface area contributed by atoms with E-state index in [0.29, 0.717) is 11.4 Å². The molecule has 6 heteroatoms. The smallest absolute Gasteiger partial charge is 0.251 e. The van der Waals surface area contributed by atoms with E-state index in [0.717, 1.165) is 11.8 Å². The van der Waals surface area contributed by atoms with E-state index in [-0.39, 0.29) is 5.69 Å². The summed E-state index contributed by atoms with van der Waals surface area (Å²) in [6, 6.07) is 12.4. The van der Waals surface area contributed by atoms with Gasteiger partial charge < -0.3 is 0 Å². The molecule has 0 bridgehead atoms. The van der Waals surface area contributed by atoms with Crippen molar-refractivity contribution in [1.29, 1.82) is 0 Å². The second-order valence-electron chi connectivity index (χ2n) is 4.82. The first kappa shape index (κ1) is 14.3. The van der Waals surface area contributed by atoms with Gasteiger partial charge in [0, 0.05) is 11.9 Å². The predicted octanol–water partition coefficient (Wildman–Crippen LogP) is 4.26. The third kappa shape index (κ3) is 2.72. The third-order valence-corrected chi connectivity index (χ3v) is 3.20. The standard InChI is InChI=1S/C16H12F3N3/c1-11-5-4-7-13(20-11)14-9-10-22(21-14)15-8-3-2-6-12(15)16(17,18)19/h2-10H,1H3. The van der Waals surface area contributed by atoms with Crippen molar-refractivity contribution in [3.8, 4) is 17.1 Å². The van der Waals surface area contributed by atoms with E-state index in [1.165, 1.54) is 23.0 Å². The van der Waals surface area contributed by atoms with Gasteiger partial charge in [-0.2, -0.15) is 18.3 Å². The largest absolute Gasteiger partial charge is 0.418 e. The van der Waals surface area contributed by atoms with Crippen LogP contribution in [0.2, 0.25) is 0 Å². The molecule has 2 heterocycles. The zero-order valence-electron chi connectivity index (χ0n) is 11.7. The summed E-state index contributed by atoms with van der Waals surface area (Å²) in [5.41, 5.74) is 1.25. The lowest BCUT2D eigenvalue weighted by molar-refractivity contribution is -0.137. The van der Waals surface area contributed by atoms with Crippen LogP contribution in [0.5, 0.6) is 0 Å². The number of hydrogen-bond donors (Lipinski definition) is 0. The Hall–Kier alpha value is -2.63. The van der Waals surface area contributed by atoms with E-state index in [9.17, 15) is 13.2 Å². The number of aromatic nitrogens is 3. The van der Waals surface area contributed by atoms with Crippen molar-refractivity contribution in [3.63, 3.8) is 0 Å². The number of aryl methyl sites for hydroxylation is 1. The summed E-state index contributed by atoms with van der Waals surface area (Å²) in [6.07, 6.45) is -2.92. The minimum Gasteiger partial charge on any atom is -0.251 e. The molecular weight excluding hydrogens is 291 g/mol. The molecule has 0 atom stereocenters. The maximum Gasteiger partial charge on any atom is 0.418 e. The fourth-order valence-corrected chi connectivity index (χ4v) is 2.19. The van der Waals surface area contributed by atoms with Crippen LogP contribution in [-0.2, 0) is 6.18 Å². The van der Waals surface area contributed by atoms with Crippen LogP contribution in [0, 0.1) is 6.92 Å². The van der Waals surface area contributed by atoms with Crippen LogP contribution >= 0.6 is 0 Å². The second kappa shape index (κ2) is 5.29. The molecule has 2 aromatic heterocycles. The first-order chi connectivity index (χ1) is 10.4. The molecule has 3 nitrogen and oxygen atoms in total. The van der Waals surface area contributed by atoms with Gasteiger partial charge in [-0.25, -0.2) is 4.68 Å². The number of para-hydroxylation sites is 1. The zero-order chi connectivity index (χ0) is 15.7. The van der Waals surface area contributed by atoms with Crippen LogP contribution in [0.1, 0.15) is 11.3 Å². The highest BCUT2D eigenvalue weighted by atomic mass is 19.4. The van der Waals surface area contributed by atoms with Crippen molar-refractivity contribution in [2.75, 3.05) is 0 Å². The molecule has 3 rings (SSSR count). The van der Waals surface area contributed by atoms with Gasteiger partial charge in [0.05, 0.1) is 16.9 Å². The molecule has 0 aliphatic heterocycles. The molecule has 0 N–H and O–H groups in total. The predicted molar refractivity (Wildman–Crippen MR) is 76.5 cm³/mol. The molecule has 0 saturated carbocycles. The molecule has 1 aromatic carbocycles. The van der Waals surface area contributed by atoms with Gasteiger partial charge in [-0.1, -0.05) is 18.2 Å². The summed E-state index contributed by atoms with van der Waals surface area (Å²) in [7, 11) is 0. The number of pyridine rings is 1. The highest BCUT2D eigenvalue weighted by Gasteiger charge is 2.33. The van der Waals surface area contributed by atoms with E-state index < -0.39 is 11.7 Å². The van der Waals surface area contributed by atoms with Crippen LogP contribution in [-0.4, -0.2) is 14.8 Å². The molecule has 0 aliphatic rings. The Balaban J connectivity index is 2.06. The summed E-state index contributed by atoms with van der Waals surface area (Å²) >= 11 is 0. The normalized spacial score (nSPS) is 11.6. The minimum atomic E-state index is -4.43.